The molecule has 0 saturated heterocycles. The fraction of sp³-hybridized carbons (Fsp3) is 0.600. The molecule has 0 fully saturated rings. The average molecular weight is 200 g/mol. The molecule has 0 heterocycles. The van der Waals surface area contributed by atoms with Gasteiger partial charge in [0.2, 0.25) is 11.5 Å². The van der Waals surface area contributed by atoms with Crippen LogP contribution in [0.3, 0.4) is 0 Å². The third kappa shape index (κ3) is 1.78. The van der Waals surface area contributed by atoms with Crippen molar-refractivity contribution in [3.63, 3.8) is 0 Å². The van der Waals surface area contributed by atoms with Gasteiger partial charge in [-0.15, -0.1) is 0 Å². The van der Waals surface area contributed by atoms with Crippen molar-refractivity contribution < 1.29 is 18.9 Å². The van der Waals surface area contributed by atoms with Gasteiger partial charge in [0.25, 0.3) is 0 Å². The maximum atomic E-state index is 5.22. The summed E-state index contributed by atoms with van der Waals surface area (Å²) in [6.45, 7) is 0. The molecule has 0 N–H and O–H groups in total. The van der Waals surface area contributed by atoms with E-state index in [4.69, 9.17) is 18.9 Å². The zero-order valence-electron chi connectivity index (χ0n) is 9.05. The van der Waals surface area contributed by atoms with Crippen LogP contribution >= 0.6 is 0 Å². The van der Waals surface area contributed by atoms with Crippen molar-refractivity contribution in [2.45, 2.75) is 12.8 Å². The van der Waals surface area contributed by atoms with Gasteiger partial charge in [-0.25, -0.2) is 0 Å². The standard InChI is InChI=1S/C10H16O4/c1-11-7-5-6-8(12-2)10(14-4)9(7)13-3/h5-6H2,1-4H3. The fourth-order valence-corrected chi connectivity index (χ4v) is 1.51. The smallest absolute Gasteiger partial charge is 0.202 e. The quantitative estimate of drug-likeness (QED) is 0.693. The van der Waals surface area contributed by atoms with E-state index in [1.54, 1.807) is 28.4 Å². The third-order valence-corrected chi connectivity index (χ3v) is 2.19. The van der Waals surface area contributed by atoms with E-state index in [9.17, 15) is 0 Å². The van der Waals surface area contributed by atoms with Crippen molar-refractivity contribution in [2.24, 2.45) is 0 Å². The number of allylic oxidation sites excluding steroid dienone is 2. The van der Waals surface area contributed by atoms with Gasteiger partial charge in [0, 0.05) is 12.8 Å². The first kappa shape index (κ1) is 10.8. The first-order valence-electron chi connectivity index (χ1n) is 4.41. The van der Waals surface area contributed by atoms with E-state index in [0.717, 1.165) is 24.4 Å². The summed E-state index contributed by atoms with van der Waals surface area (Å²) in [7, 11) is 6.43. The highest BCUT2D eigenvalue weighted by molar-refractivity contribution is 5.30. The molecular formula is C10H16O4. The lowest BCUT2D eigenvalue weighted by Crippen LogP contribution is -2.11. The van der Waals surface area contributed by atoms with E-state index in [-0.39, 0.29) is 0 Å². The fourth-order valence-electron chi connectivity index (χ4n) is 1.51. The number of ether oxygens (including phenoxy) is 4. The first-order chi connectivity index (χ1) is 6.78. The summed E-state index contributed by atoms with van der Waals surface area (Å²) < 4.78 is 20.9. The Hall–Kier alpha value is -1.32. The van der Waals surface area contributed by atoms with Crippen molar-refractivity contribution in [2.75, 3.05) is 28.4 Å². The second-order valence-corrected chi connectivity index (χ2v) is 2.82. The van der Waals surface area contributed by atoms with Gasteiger partial charge < -0.3 is 18.9 Å². The Morgan fingerprint density at radius 2 is 1.00 bits per heavy atom. The normalized spacial score (nSPS) is 16.9. The van der Waals surface area contributed by atoms with Crippen LogP contribution in [0.5, 0.6) is 0 Å². The van der Waals surface area contributed by atoms with Crippen LogP contribution in [0.15, 0.2) is 23.0 Å². The summed E-state index contributed by atoms with van der Waals surface area (Å²) in [6.07, 6.45) is 1.55. The second kappa shape index (κ2) is 4.79. The van der Waals surface area contributed by atoms with Crippen LogP contribution in [0.4, 0.5) is 0 Å². The molecule has 0 aromatic carbocycles. The average Bonchev–Trinajstić information content (AvgIpc) is 2.26. The molecule has 0 unspecified atom stereocenters. The van der Waals surface area contributed by atoms with E-state index >= 15 is 0 Å². The van der Waals surface area contributed by atoms with Crippen LogP contribution < -0.4 is 0 Å². The molecule has 0 aromatic heterocycles. The van der Waals surface area contributed by atoms with E-state index in [2.05, 4.69) is 0 Å². The van der Waals surface area contributed by atoms with Gasteiger partial charge in [-0.05, 0) is 0 Å². The van der Waals surface area contributed by atoms with Crippen LogP contribution in [-0.2, 0) is 18.9 Å². The van der Waals surface area contributed by atoms with Gasteiger partial charge in [0.15, 0.2) is 0 Å². The Balaban J connectivity index is 3.08. The molecule has 0 saturated carbocycles. The molecular weight excluding hydrogens is 184 g/mol. The van der Waals surface area contributed by atoms with Gasteiger partial charge in [0.1, 0.15) is 11.5 Å². The Labute approximate surface area is 84.1 Å². The molecule has 4 nitrogen and oxygen atoms in total. The maximum Gasteiger partial charge on any atom is 0.202 e. The second-order valence-electron chi connectivity index (χ2n) is 2.82. The predicted molar refractivity (Wildman–Crippen MR) is 51.3 cm³/mol. The summed E-state index contributed by atoms with van der Waals surface area (Å²) >= 11 is 0. The van der Waals surface area contributed by atoms with E-state index < -0.39 is 0 Å². The molecule has 0 aromatic rings. The van der Waals surface area contributed by atoms with E-state index in [1.807, 2.05) is 0 Å². The molecule has 0 spiro atoms. The first-order valence-corrected chi connectivity index (χ1v) is 4.41. The van der Waals surface area contributed by atoms with Crippen LogP contribution in [0, 0.1) is 0 Å². The molecule has 1 aliphatic carbocycles. The summed E-state index contributed by atoms with van der Waals surface area (Å²) in [5.41, 5.74) is 0. The molecule has 0 atom stereocenters. The van der Waals surface area contributed by atoms with Crippen LogP contribution in [0.1, 0.15) is 12.8 Å². The zero-order valence-corrected chi connectivity index (χ0v) is 9.05. The molecule has 0 radical (unpaired) electrons. The van der Waals surface area contributed by atoms with Gasteiger partial charge in [-0.2, -0.15) is 0 Å². The molecule has 0 aliphatic heterocycles. The highest BCUT2D eigenvalue weighted by atomic mass is 16.5. The van der Waals surface area contributed by atoms with Gasteiger partial charge in [-0.3, -0.25) is 0 Å². The van der Waals surface area contributed by atoms with Gasteiger partial charge in [-0.1, -0.05) is 0 Å². The number of hydrogen-bond acceptors (Lipinski definition) is 4. The Kier molecular flexibility index (Phi) is 3.68. The highest BCUT2D eigenvalue weighted by Gasteiger charge is 2.25. The van der Waals surface area contributed by atoms with Gasteiger partial charge >= 0.3 is 0 Å². The highest BCUT2D eigenvalue weighted by Crippen LogP contribution is 2.31. The van der Waals surface area contributed by atoms with Crippen molar-refractivity contribution in [3.8, 4) is 0 Å². The minimum atomic E-state index is 0.623. The molecule has 80 valence electrons. The SMILES string of the molecule is COC1=C(OC)C(OC)=C(OC)CC1. The third-order valence-electron chi connectivity index (χ3n) is 2.19. The van der Waals surface area contributed by atoms with Crippen LogP contribution in [0.25, 0.3) is 0 Å². The number of hydrogen-bond donors (Lipinski definition) is 0. The lowest BCUT2D eigenvalue weighted by Gasteiger charge is -2.22. The van der Waals surface area contributed by atoms with Gasteiger partial charge in [0.05, 0.1) is 28.4 Å². The Bertz CT molecular complexity index is 237. The minimum absolute atomic E-state index is 0.623. The predicted octanol–water partition coefficient (Wildman–Crippen LogP) is 1.79. The maximum absolute atomic E-state index is 5.22. The van der Waals surface area contributed by atoms with Crippen LogP contribution in [-0.4, -0.2) is 28.4 Å². The summed E-state index contributed by atoms with van der Waals surface area (Å²) in [6, 6.07) is 0. The van der Waals surface area contributed by atoms with E-state index in [0.29, 0.717) is 11.5 Å². The van der Waals surface area contributed by atoms with Crippen molar-refractivity contribution in [1.29, 1.82) is 0 Å². The van der Waals surface area contributed by atoms with Crippen molar-refractivity contribution in [1.82, 2.24) is 0 Å². The largest absolute Gasteiger partial charge is 0.497 e. The Morgan fingerprint density at radius 1 is 0.643 bits per heavy atom. The van der Waals surface area contributed by atoms with Crippen molar-refractivity contribution in [3.05, 3.63) is 23.0 Å². The number of rotatable bonds is 4. The van der Waals surface area contributed by atoms with Crippen molar-refractivity contribution >= 4 is 0 Å². The minimum Gasteiger partial charge on any atom is -0.497 e. The lowest BCUT2D eigenvalue weighted by molar-refractivity contribution is 0.142. The van der Waals surface area contributed by atoms with E-state index in [1.165, 1.54) is 0 Å². The molecule has 1 aliphatic rings. The summed E-state index contributed by atoms with van der Waals surface area (Å²) in [5, 5.41) is 0. The zero-order chi connectivity index (χ0) is 10.6. The summed E-state index contributed by atoms with van der Waals surface area (Å²) in [4.78, 5) is 0. The van der Waals surface area contributed by atoms with Crippen LogP contribution in [0.2, 0.25) is 0 Å². The Morgan fingerprint density at radius 3 is 1.21 bits per heavy atom. The monoisotopic (exact) mass is 200 g/mol. The molecule has 1 rings (SSSR count). The number of methoxy groups -OCH3 is 4. The summed E-state index contributed by atoms with van der Waals surface area (Å²) in [5.74, 6) is 2.84. The molecule has 0 bridgehead atoms. The lowest BCUT2D eigenvalue weighted by atomic mass is 10.1. The molecule has 14 heavy (non-hydrogen) atoms. The topological polar surface area (TPSA) is 36.9 Å². The molecule has 4 heteroatoms. The molecule has 0 amide bonds.